The molecule has 3 nitrogen and oxygen atoms in total. The average Bonchev–Trinajstić information content (AvgIpc) is 3.01. The average molecular weight is 299 g/mol. The van der Waals surface area contributed by atoms with Gasteiger partial charge in [-0.2, -0.15) is 0 Å². The van der Waals surface area contributed by atoms with E-state index >= 15 is 0 Å². The van der Waals surface area contributed by atoms with Gasteiger partial charge < -0.3 is 0 Å². The molecule has 108 valence electrons. The van der Waals surface area contributed by atoms with Gasteiger partial charge in [0.25, 0.3) is 0 Å². The first-order chi connectivity index (χ1) is 10.2. The van der Waals surface area contributed by atoms with Crippen molar-refractivity contribution >= 4 is 9.84 Å². The first-order valence-corrected chi connectivity index (χ1v) is 8.83. The minimum absolute atomic E-state index is 0.0198. The standard InChI is InChI=1S/C17H17NO2S/c19-21(20)15-9-5-4-8-14(15)17-16(21)10-11-18(17)12-13-6-2-1-3-7-13/h1-9,16-17H,10-12H2/t16-,17-/m1/s1. The lowest BCUT2D eigenvalue weighted by Crippen LogP contribution is -2.25. The maximum absolute atomic E-state index is 12.6. The van der Waals surface area contributed by atoms with Gasteiger partial charge in [-0.25, -0.2) is 8.42 Å². The van der Waals surface area contributed by atoms with Gasteiger partial charge in [-0.05, 0) is 23.6 Å². The summed E-state index contributed by atoms with van der Waals surface area (Å²) in [5.74, 6) is 0. The number of rotatable bonds is 2. The van der Waals surface area contributed by atoms with Gasteiger partial charge in [-0.15, -0.1) is 0 Å². The van der Waals surface area contributed by atoms with Gasteiger partial charge in [0.15, 0.2) is 9.84 Å². The molecule has 2 atom stereocenters. The highest BCUT2D eigenvalue weighted by molar-refractivity contribution is 7.92. The minimum Gasteiger partial charge on any atom is -0.291 e. The number of fused-ring (bicyclic) bond motifs is 3. The molecule has 0 radical (unpaired) electrons. The topological polar surface area (TPSA) is 37.4 Å². The molecule has 2 aliphatic heterocycles. The van der Waals surface area contributed by atoms with Gasteiger partial charge in [0, 0.05) is 13.1 Å². The van der Waals surface area contributed by atoms with Gasteiger partial charge in [0.2, 0.25) is 0 Å². The Kier molecular flexibility index (Phi) is 2.91. The number of benzene rings is 2. The van der Waals surface area contributed by atoms with Crippen LogP contribution in [0.5, 0.6) is 0 Å². The molecule has 0 N–H and O–H groups in total. The summed E-state index contributed by atoms with van der Waals surface area (Å²) < 4.78 is 25.3. The van der Waals surface area contributed by atoms with Crippen molar-refractivity contribution in [2.24, 2.45) is 0 Å². The highest BCUT2D eigenvalue weighted by atomic mass is 32.2. The number of sulfone groups is 1. The van der Waals surface area contributed by atoms with E-state index in [2.05, 4.69) is 17.0 Å². The van der Waals surface area contributed by atoms with Gasteiger partial charge in [-0.3, -0.25) is 4.90 Å². The summed E-state index contributed by atoms with van der Waals surface area (Å²) in [6.07, 6.45) is 0.731. The van der Waals surface area contributed by atoms with Crippen molar-refractivity contribution in [1.82, 2.24) is 4.90 Å². The molecule has 0 spiro atoms. The molecule has 0 unspecified atom stereocenters. The highest BCUT2D eigenvalue weighted by Crippen LogP contribution is 2.47. The molecule has 4 heteroatoms. The fourth-order valence-corrected chi connectivity index (χ4v) is 5.87. The third-order valence-electron chi connectivity index (χ3n) is 4.62. The van der Waals surface area contributed by atoms with Crippen molar-refractivity contribution in [3.63, 3.8) is 0 Å². The second kappa shape index (κ2) is 4.68. The third kappa shape index (κ3) is 1.93. The fraction of sp³-hybridized carbons (Fsp3) is 0.294. The maximum atomic E-state index is 12.6. The van der Waals surface area contributed by atoms with Gasteiger partial charge in [0.1, 0.15) is 0 Å². The van der Waals surface area contributed by atoms with Crippen LogP contribution in [0.4, 0.5) is 0 Å². The quantitative estimate of drug-likeness (QED) is 0.855. The Labute approximate surface area is 125 Å². The number of nitrogens with zero attached hydrogens (tertiary/aromatic N) is 1. The van der Waals surface area contributed by atoms with Crippen molar-refractivity contribution in [2.75, 3.05) is 6.54 Å². The number of hydrogen-bond donors (Lipinski definition) is 0. The Hall–Kier alpha value is -1.65. The molecule has 2 aliphatic rings. The Morgan fingerprint density at radius 2 is 1.71 bits per heavy atom. The second-order valence-corrected chi connectivity index (χ2v) is 7.95. The highest BCUT2D eigenvalue weighted by Gasteiger charge is 2.50. The molecule has 0 bridgehead atoms. The number of hydrogen-bond acceptors (Lipinski definition) is 3. The predicted octanol–water partition coefficient (Wildman–Crippen LogP) is 2.79. The molecule has 4 rings (SSSR count). The van der Waals surface area contributed by atoms with E-state index in [1.54, 1.807) is 6.07 Å². The summed E-state index contributed by atoms with van der Waals surface area (Å²) in [4.78, 5) is 2.85. The smallest absolute Gasteiger partial charge is 0.183 e. The monoisotopic (exact) mass is 299 g/mol. The molecule has 1 fully saturated rings. The molecule has 21 heavy (non-hydrogen) atoms. The van der Waals surface area contributed by atoms with E-state index in [0.717, 1.165) is 25.1 Å². The fourth-order valence-electron chi connectivity index (χ4n) is 3.69. The Balaban J connectivity index is 1.73. The van der Waals surface area contributed by atoms with E-state index in [0.29, 0.717) is 4.90 Å². The molecule has 0 aliphatic carbocycles. The maximum Gasteiger partial charge on any atom is 0.183 e. The Morgan fingerprint density at radius 3 is 2.52 bits per heavy atom. The first-order valence-electron chi connectivity index (χ1n) is 7.29. The van der Waals surface area contributed by atoms with Crippen LogP contribution < -0.4 is 0 Å². The van der Waals surface area contributed by atoms with Crippen molar-refractivity contribution in [2.45, 2.75) is 29.2 Å². The van der Waals surface area contributed by atoms with Crippen molar-refractivity contribution < 1.29 is 8.42 Å². The van der Waals surface area contributed by atoms with Crippen LogP contribution in [0.1, 0.15) is 23.6 Å². The van der Waals surface area contributed by atoms with Crippen LogP contribution >= 0.6 is 0 Å². The van der Waals surface area contributed by atoms with Crippen LogP contribution in [0.25, 0.3) is 0 Å². The first kappa shape index (κ1) is 13.0. The molecule has 0 saturated carbocycles. The van der Waals surface area contributed by atoms with Crippen LogP contribution in [0.15, 0.2) is 59.5 Å². The Morgan fingerprint density at radius 1 is 1.00 bits per heavy atom. The van der Waals surface area contributed by atoms with E-state index in [1.165, 1.54) is 5.56 Å². The summed E-state index contributed by atoms with van der Waals surface area (Å²) in [6, 6.07) is 17.8. The van der Waals surface area contributed by atoms with Crippen molar-refractivity contribution in [3.05, 3.63) is 65.7 Å². The van der Waals surface area contributed by atoms with Gasteiger partial charge >= 0.3 is 0 Å². The van der Waals surface area contributed by atoms with Crippen LogP contribution in [-0.2, 0) is 16.4 Å². The summed E-state index contributed by atoms with van der Waals surface area (Å²) in [6.45, 7) is 1.66. The van der Waals surface area contributed by atoms with E-state index in [9.17, 15) is 8.42 Å². The lowest BCUT2D eigenvalue weighted by molar-refractivity contribution is 0.250. The summed E-state index contributed by atoms with van der Waals surface area (Å²) in [7, 11) is -3.15. The molecule has 0 amide bonds. The van der Waals surface area contributed by atoms with Gasteiger partial charge in [0.05, 0.1) is 16.2 Å². The lowest BCUT2D eigenvalue weighted by Gasteiger charge is -2.23. The van der Waals surface area contributed by atoms with Crippen molar-refractivity contribution in [1.29, 1.82) is 0 Å². The SMILES string of the molecule is O=S1(=O)c2ccccc2[C@@H]2[C@H]1CCN2Cc1ccccc1. The molecule has 1 saturated heterocycles. The molecule has 2 aromatic rings. The van der Waals surface area contributed by atoms with Crippen LogP contribution in [0.3, 0.4) is 0 Å². The normalized spacial score (nSPS) is 26.5. The van der Waals surface area contributed by atoms with Crippen LogP contribution in [0, 0.1) is 0 Å². The van der Waals surface area contributed by atoms with E-state index in [1.807, 2.05) is 36.4 Å². The summed E-state index contributed by atoms with van der Waals surface area (Å²) in [5, 5.41) is -0.265. The zero-order valence-corrected chi connectivity index (χ0v) is 12.5. The zero-order chi connectivity index (χ0) is 14.4. The lowest BCUT2D eigenvalue weighted by atomic mass is 10.0. The minimum atomic E-state index is -3.15. The third-order valence-corrected chi connectivity index (χ3v) is 6.89. The summed E-state index contributed by atoms with van der Waals surface area (Å²) >= 11 is 0. The molecule has 0 aromatic heterocycles. The molecular weight excluding hydrogens is 282 g/mol. The predicted molar refractivity (Wildman–Crippen MR) is 81.6 cm³/mol. The van der Waals surface area contributed by atoms with E-state index < -0.39 is 9.84 Å². The van der Waals surface area contributed by atoms with Crippen LogP contribution in [0.2, 0.25) is 0 Å². The van der Waals surface area contributed by atoms with E-state index in [-0.39, 0.29) is 11.3 Å². The zero-order valence-electron chi connectivity index (χ0n) is 11.6. The summed E-state index contributed by atoms with van der Waals surface area (Å²) in [5.41, 5.74) is 2.22. The van der Waals surface area contributed by atoms with Gasteiger partial charge in [-0.1, -0.05) is 48.5 Å². The second-order valence-electron chi connectivity index (χ2n) is 5.81. The molecular formula is C17H17NO2S. The van der Waals surface area contributed by atoms with E-state index in [4.69, 9.17) is 0 Å². The number of likely N-dealkylation sites (tertiary alicyclic amines) is 1. The molecule has 2 aromatic carbocycles. The largest absolute Gasteiger partial charge is 0.291 e. The molecule has 2 heterocycles. The van der Waals surface area contributed by atoms with Crippen LogP contribution in [-0.4, -0.2) is 25.1 Å². The Bertz CT molecular complexity index is 770. The van der Waals surface area contributed by atoms with Crippen molar-refractivity contribution in [3.8, 4) is 0 Å².